The van der Waals surface area contributed by atoms with Gasteiger partial charge in [-0.1, -0.05) is 90.5 Å². The average Bonchev–Trinajstić information content (AvgIpc) is 3.32. The number of hydrogen-bond acceptors (Lipinski definition) is 3. The summed E-state index contributed by atoms with van der Waals surface area (Å²) in [5.74, 6) is 1.77. The molecule has 4 aromatic carbocycles. The molecule has 5 rings (SSSR count). The molecule has 5 aromatic rings. The second-order valence-corrected chi connectivity index (χ2v) is 9.90. The molecule has 198 valence electrons. The first-order valence-electron chi connectivity index (χ1n) is 13.4. The van der Waals surface area contributed by atoms with Crippen molar-refractivity contribution in [1.82, 2.24) is 14.9 Å². The first-order chi connectivity index (χ1) is 19.2. The van der Waals surface area contributed by atoms with Crippen LogP contribution in [0, 0.1) is 0 Å². The van der Waals surface area contributed by atoms with E-state index in [1.165, 1.54) is 5.56 Å². The van der Waals surface area contributed by atoms with Crippen LogP contribution in [-0.2, 0) is 24.2 Å². The molecule has 0 radical (unpaired) electrons. The van der Waals surface area contributed by atoms with Crippen molar-refractivity contribution in [3.05, 3.63) is 120 Å². The molecule has 39 heavy (non-hydrogen) atoms. The van der Waals surface area contributed by atoms with Crippen molar-refractivity contribution in [2.45, 2.75) is 32.2 Å². The standard InChI is InChI=1S/C33H32ClN3O2/c34-28-12-4-7-15-31(28)39-23-9-22-37-30-14-6-5-13-29(30)36-32(37)16-8-21-35-33(38)24-25-17-19-27(20-18-25)26-10-2-1-3-11-26/h1-7,10-15,17-20H,8-9,16,21-24H2,(H,35,38). The highest BCUT2D eigenvalue weighted by atomic mass is 35.5. The molecule has 0 saturated carbocycles. The van der Waals surface area contributed by atoms with Gasteiger partial charge in [-0.15, -0.1) is 0 Å². The summed E-state index contributed by atoms with van der Waals surface area (Å²) in [6.45, 7) is 1.98. The number of aryl methyl sites for hydroxylation is 2. The minimum absolute atomic E-state index is 0.0349. The van der Waals surface area contributed by atoms with Crippen LogP contribution in [0.25, 0.3) is 22.2 Å². The number of nitrogens with one attached hydrogen (secondary N) is 1. The quantitative estimate of drug-likeness (QED) is 0.172. The molecule has 0 atom stereocenters. The Morgan fingerprint density at radius 3 is 2.36 bits per heavy atom. The first-order valence-corrected chi connectivity index (χ1v) is 13.8. The van der Waals surface area contributed by atoms with E-state index in [0.29, 0.717) is 30.3 Å². The van der Waals surface area contributed by atoms with Crippen molar-refractivity contribution in [2.75, 3.05) is 13.2 Å². The predicted octanol–water partition coefficient (Wildman–Crippen LogP) is 7.12. The predicted molar refractivity (Wildman–Crippen MR) is 158 cm³/mol. The van der Waals surface area contributed by atoms with E-state index >= 15 is 0 Å². The van der Waals surface area contributed by atoms with Crippen molar-refractivity contribution in [2.24, 2.45) is 0 Å². The van der Waals surface area contributed by atoms with Crippen molar-refractivity contribution >= 4 is 28.5 Å². The summed E-state index contributed by atoms with van der Waals surface area (Å²) in [4.78, 5) is 17.4. The maximum atomic E-state index is 12.5. The number of aromatic nitrogens is 2. The van der Waals surface area contributed by atoms with Crippen LogP contribution in [0.3, 0.4) is 0 Å². The maximum absolute atomic E-state index is 12.5. The summed E-state index contributed by atoms with van der Waals surface area (Å²) in [6.07, 6.45) is 2.81. The molecule has 0 unspecified atom stereocenters. The number of carbonyl (C=O) groups excluding carboxylic acids is 1. The zero-order chi connectivity index (χ0) is 26.9. The minimum Gasteiger partial charge on any atom is -0.492 e. The van der Waals surface area contributed by atoms with E-state index in [0.717, 1.165) is 53.8 Å². The van der Waals surface area contributed by atoms with Crippen LogP contribution in [0.4, 0.5) is 0 Å². The average molecular weight is 538 g/mol. The third-order valence-corrected chi connectivity index (χ3v) is 6.99. The molecule has 0 saturated heterocycles. The Labute approximate surface area is 234 Å². The van der Waals surface area contributed by atoms with Crippen LogP contribution in [0.15, 0.2) is 103 Å². The van der Waals surface area contributed by atoms with Gasteiger partial charge < -0.3 is 14.6 Å². The lowest BCUT2D eigenvalue weighted by Crippen LogP contribution is -2.26. The largest absolute Gasteiger partial charge is 0.492 e. The van der Waals surface area contributed by atoms with E-state index in [1.807, 2.05) is 72.8 Å². The number of fused-ring (bicyclic) bond motifs is 1. The molecular weight excluding hydrogens is 506 g/mol. The van der Waals surface area contributed by atoms with Crippen molar-refractivity contribution in [1.29, 1.82) is 0 Å². The maximum Gasteiger partial charge on any atom is 0.224 e. The number of imidazole rings is 1. The Kier molecular flexibility index (Phi) is 8.92. The lowest BCUT2D eigenvalue weighted by molar-refractivity contribution is -0.120. The zero-order valence-electron chi connectivity index (χ0n) is 21.9. The summed E-state index contributed by atoms with van der Waals surface area (Å²) < 4.78 is 8.14. The summed E-state index contributed by atoms with van der Waals surface area (Å²) in [5, 5.41) is 3.69. The summed E-state index contributed by atoms with van der Waals surface area (Å²) in [7, 11) is 0. The van der Waals surface area contributed by atoms with E-state index in [-0.39, 0.29) is 5.91 Å². The van der Waals surface area contributed by atoms with Gasteiger partial charge in [0, 0.05) is 19.5 Å². The number of ether oxygens (including phenoxy) is 1. The van der Waals surface area contributed by atoms with Gasteiger partial charge in [-0.3, -0.25) is 4.79 Å². The van der Waals surface area contributed by atoms with Crippen LogP contribution in [0.1, 0.15) is 24.2 Å². The monoisotopic (exact) mass is 537 g/mol. The fourth-order valence-corrected chi connectivity index (χ4v) is 4.89. The second kappa shape index (κ2) is 13.1. The van der Waals surface area contributed by atoms with Gasteiger partial charge >= 0.3 is 0 Å². The summed E-state index contributed by atoms with van der Waals surface area (Å²) in [6, 6.07) is 34.2. The van der Waals surface area contributed by atoms with Crippen LogP contribution < -0.4 is 10.1 Å². The van der Waals surface area contributed by atoms with Gasteiger partial charge in [0.1, 0.15) is 11.6 Å². The molecule has 6 heteroatoms. The Morgan fingerprint density at radius 1 is 0.821 bits per heavy atom. The number of halogens is 1. The molecule has 1 aromatic heterocycles. The third-order valence-electron chi connectivity index (χ3n) is 6.68. The number of hydrogen-bond donors (Lipinski definition) is 1. The number of carbonyl (C=O) groups is 1. The van der Waals surface area contributed by atoms with Gasteiger partial charge in [-0.2, -0.15) is 0 Å². The number of rotatable bonds is 12. The first kappa shape index (κ1) is 26.5. The number of amides is 1. The fraction of sp³-hybridized carbons (Fsp3) is 0.212. The van der Waals surface area contributed by atoms with Gasteiger partial charge in [-0.25, -0.2) is 4.98 Å². The highest BCUT2D eigenvalue weighted by molar-refractivity contribution is 6.32. The second-order valence-electron chi connectivity index (χ2n) is 9.49. The van der Waals surface area contributed by atoms with Crippen LogP contribution in [-0.4, -0.2) is 28.6 Å². The Balaban J connectivity index is 1.11. The van der Waals surface area contributed by atoms with Crippen molar-refractivity contribution in [3.63, 3.8) is 0 Å². The molecule has 0 fully saturated rings. The molecule has 0 aliphatic heterocycles. The van der Waals surface area contributed by atoms with Gasteiger partial charge in [0.05, 0.1) is 29.1 Å². The fourth-order valence-electron chi connectivity index (χ4n) is 4.70. The number of benzene rings is 4. The van der Waals surface area contributed by atoms with Gasteiger partial charge in [0.2, 0.25) is 5.91 Å². The molecule has 1 amide bonds. The van der Waals surface area contributed by atoms with E-state index in [1.54, 1.807) is 0 Å². The highest BCUT2D eigenvalue weighted by Crippen LogP contribution is 2.24. The minimum atomic E-state index is 0.0349. The Bertz CT molecular complexity index is 1510. The van der Waals surface area contributed by atoms with E-state index in [2.05, 4.69) is 40.2 Å². The lowest BCUT2D eigenvalue weighted by Gasteiger charge is -2.11. The number of para-hydroxylation sites is 3. The third kappa shape index (κ3) is 7.06. The topological polar surface area (TPSA) is 56.2 Å². The van der Waals surface area contributed by atoms with E-state index < -0.39 is 0 Å². The van der Waals surface area contributed by atoms with Crippen LogP contribution in [0.2, 0.25) is 5.02 Å². The Hall–Kier alpha value is -4.09. The smallest absolute Gasteiger partial charge is 0.224 e. The molecule has 0 aliphatic carbocycles. The normalized spacial score (nSPS) is 11.0. The SMILES string of the molecule is O=C(Cc1ccc(-c2ccccc2)cc1)NCCCc1nc2ccccc2n1CCCOc1ccccc1Cl. The van der Waals surface area contributed by atoms with Gasteiger partial charge in [0.15, 0.2) is 0 Å². The van der Waals surface area contributed by atoms with E-state index in [9.17, 15) is 4.79 Å². The molecule has 1 N–H and O–H groups in total. The molecule has 0 aliphatic rings. The van der Waals surface area contributed by atoms with Gasteiger partial charge in [-0.05, 0) is 53.8 Å². The molecule has 0 bridgehead atoms. The molecule has 0 spiro atoms. The van der Waals surface area contributed by atoms with Crippen molar-refractivity contribution in [3.8, 4) is 16.9 Å². The van der Waals surface area contributed by atoms with Crippen LogP contribution in [0.5, 0.6) is 5.75 Å². The number of nitrogens with zero attached hydrogens (tertiary/aromatic N) is 2. The van der Waals surface area contributed by atoms with Crippen molar-refractivity contribution < 1.29 is 9.53 Å². The Morgan fingerprint density at radius 2 is 1.54 bits per heavy atom. The summed E-state index contributed by atoms with van der Waals surface area (Å²) in [5.41, 5.74) is 5.44. The lowest BCUT2D eigenvalue weighted by atomic mass is 10.0. The molecule has 1 heterocycles. The molecular formula is C33H32ClN3O2. The molecule has 5 nitrogen and oxygen atoms in total. The van der Waals surface area contributed by atoms with Gasteiger partial charge in [0.25, 0.3) is 0 Å². The van der Waals surface area contributed by atoms with Crippen LogP contribution >= 0.6 is 11.6 Å². The zero-order valence-corrected chi connectivity index (χ0v) is 22.6. The van der Waals surface area contributed by atoms with E-state index in [4.69, 9.17) is 21.3 Å². The highest BCUT2D eigenvalue weighted by Gasteiger charge is 2.11. The summed E-state index contributed by atoms with van der Waals surface area (Å²) >= 11 is 6.20.